The van der Waals surface area contributed by atoms with Gasteiger partial charge in [-0.2, -0.15) is 0 Å². The quantitative estimate of drug-likeness (QED) is 0.829. The van der Waals surface area contributed by atoms with Crippen molar-refractivity contribution in [3.8, 4) is 5.75 Å². The normalized spacial score (nSPS) is 13.0. The van der Waals surface area contributed by atoms with E-state index in [9.17, 15) is 9.18 Å². The molecule has 0 aliphatic carbocycles. The minimum atomic E-state index is -1.05. The van der Waals surface area contributed by atoms with Crippen molar-refractivity contribution in [2.75, 3.05) is 13.2 Å². The molecule has 1 aliphatic heterocycles. The minimum absolute atomic E-state index is 0.292. The lowest BCUT2D eigenvalue weighted by atomic mass is 10.0. The van der Waals surface area contributed by atoms with E-state index in [2.05, 4.69) is 5.32 Å². The summed E-state index contributed by atoms with van der Waals surface area (Å²) < 4.78 is 18.8. The van der Waals surface area contributed by atoms with Gasteiger partial charge in [0.15, 0.2) is 11.6 Å². The van der Waals surface area contributed by atoms with E-state index >= 15 is 0 Å². The number of amides is 1. The molecule has 0 spiro atoms. The van der Waals surface area contributed by atoms with E-state index in [0.717, 1.165) is 11.1 Å². The molecule has 0 bridgehead atoms. The highest BCUT2D eigenvalue weighted by Crippen LogP contribution is 2.36. The third-order valence-electron chi connectivity index (χ3n) is 2.88. The third-order valence-corrected chi connectivity index (χ3v) is 3.21. The zero-order chi connectivity index (χ0) is 13.1. The highest BCUT2D eigenvalue weighted by Gasteiger charge is 2.22. The van der Waals surface area contributed by atoms with Gasteiger partial charge in [-0.05, 0) is 24.5 Å². The molecule has 1 heterocycles. The van der Waals surface area contributed by atoms with Crippen molar-refractivity contribution < 1.29 is 19.0 Å². The lowest BCUT2D eigenvalue weighted by molar-refractivity contribution is 0.194. The Morgan fingerprint density at radius 3 is 3.11 bits per heavy atom. The second-order valence-electron chi connectivity index (χ2n) is 4.06. The van der Waals surface area contributed by atoms with E-state index in [-0.39, 0.29) is 0 Å². The van der Waals surface area contributed by atoms with Gasteiger partial charge in [0, 0.05) is 23.6 Å². The summed E-state index contributed by atoms with van der Waals surface area (Å²) in [4.78, 5) is 10.3. The second kappa shape index (κ2) is 5.44. The molecule has 1 amide bonds. The van der Waals surface area contributed by atoms with Crippen LogP contribution in [-0.2, 0) is 12.8 Å². The predicted octanol–water partition coefficient (Wildman–Crippen LogP) is 2.61. The van der Waals surface area contributed by atoms with Crippen LogP contribution in [0.2, 0.25) is 5.02 Å². The van der Waals surface area contributed by atoms with Gasteiger partial charge in [-0.3, -0.25) is 0 Å². The monoisotopic (exact) mass is 273 g/mol. The van der Waals surface area contributed by atoms with Crippen LogP contribution in [0.1, 0.15) is 17.5 Å². The Morgan fingerprint density at radius 2 is 2.39 bits per heavy atom. The topological polar surface area (TPSA) is 58.6 Å². The Hall–Kier alpha value is -1.49. The maximum absolute atomic E-state index is 13.5. The summed E-state index contributed by atoms with van der Waals surface area (Å²) >= 11 is 6.02. The number of nitrogens with one attached hydrogen (secondary N) is 1. The van der Waals surface area contributed by atoms with Crippen molar-refractivity contribution in [1.29, 1.82) is 0 Å². The molecule has 1 aromatic carbocycles. The SMILES string of the molecule is O=C(O)NCCCc1c(Cl)cc(F)c2c1CCO2. The van der Waals surface area contributed by atoms with E-state index in [1.807, 2.05) is 0 Å². The Labute approximate surface area is 109 Å². The summed E-state index contributed by atoms with van der Waals surface area (Å²) in [5.74, 6) is -0.138. The maximum Gasteiger partial charge on any atom is 0.404 e. The fourth-order valence-corrected chi connectivity index (χ4v) is 2.40. The predicted molar refractivity (Wildman–Crippen MR) is 65.0 cm³/mol. The van der Waals surface area contributed by atoms with Crippen LogP contribution in [-0.4, -0.2) is 24.4 Å². The third kappa shape index (κ3) is 2.67. The van der Waals surface area contributed by atoms with Gasteiger partial charge in [-0.25, -0.2) is 9.18 Å². The molecule has 98 valence electrons. The van der Waals surface area contributed by atoms with Crippen molar-refractivity contribution in [2.45, 2.75) is 19.3 Å². The van der Waals surface area contributed by atoms with Crippen LogP contribution in [0.4, 0.5) is 9.18 Å². The first-order valence-corrected chi connectivity index (χ1v) is 6.06. The highest BCUT2D eigenvalue weighted by atomic mass is 35.5. The van der Waals surface area contributed by atoms with Crippen LogP contribution in [0, 0.1) is 5.82 Å². The van der Waals surface area contributed by atoms with E-state index in [1.165, 1.54) is 6.07 Å². The molecular weight excluding hydrogens is 261 g/mol. The average molecular weight is 274 g/mol. The van der Waals surface area contributed by atoms with Gasteiger partial charge in [0.25, 0.3) is 0 Å². The number of carbonyl (C=O) groups is 1. The smallest absolute Gasteiger partial charge is 0.404 e. The van der Waals surface area contributed by atoms with Crippen LogP contribution < -0.4 is 10.1 Å². The molecule has 0 saturated heterocycles. The molecule has 0 radical (unpaired) electrons. The highest BCUT2D eigenvalue weighted by molar-refractivity contribution is 6.31. The van der Waals surface area contributed by atoms with E-state index < -0.39 is 11.9 Å². The molecule has 2 rings (SSSR count). The van der Waals surface area contributed by atoms with Gasteiger partial charge in [0.05, 0.1) is 6.61 Å². The molecule has 1 aromatic rings. The summed E-state index contributed by atoms with van der Waals surface area (Å²) in [7, 11) is 0. The summed E-state index contributed by atoms with van der Waals surface area (Å²) in [5, 5.41) is 11.1. The molecule has 2 N–H and O–H groups in total. The van der Waals surface area contributed by atoms with Gasteiger partial charge in [0.1, 0.15) is 0 Å². The number of ether oxygens (including phenoxy) is 1. The average Bonchev–Trinajstić information content (AvgIpc) is 2.76. The van der Waals surface area contributed by atoms with Gasteiger partial charge < -0.3 is 15.2 Å². The Kier molecular flexibility index (Phi) is 3.91. The van der Waals surface area contributed by atoms with E-state index in [4.69, 9.17) is 21.4 Å². The lowest BCUT2D eigenvalue weighted by Gasteiger charge is -2.10. The number of fused-ring (bicyclic) bond motifs is 1. The summed E-state index contributed by atoms with van der Waals surface area (Å²) in [6.07, 6.45) is 0.817. The van der Waals surface area contributed by atoms with Crippen LogP contribution in [0.15, 0.2) is 6.07 Å². The summed E-state index contributed by atoms with van der Waals surface area (Å²) in [6.45, 7) is 0.811. The van der Waals surface area contributed by atoms with Crippen molar-refractivity contribution in [3.63, 3.8) is 0 Å². The second-order valence-corrected chi connectivity index (χ2v) is 4.47. The largest absolute Gasteiger partial charge is 0.490 e. The number of hydrogen-bond acceptors (Lipinski definition) is 2. The fourth-order valence-electron chi connectivity index (χ4n) is 2.10. The zero-order valence-corrected chi connectivity index (χ0v) is 10.4. The maximum atomic E-state index is 13.5. The van der Waals surface area contributed by atoms with Gasteiger partial charge in [-0.15, -0.1) is 0 Å². The Bertz CT molecular complexity index is 479. The van der Waals surface area contributed by atoms with Crippen molar-refractivity contribution in [2.24, 2.45) is 0 Å². The zero-order valence-electron chi connectivity index (χ0n) is 9.63. The Balaban J connectivity index is 2.08. The molecule has 0 unspecified atom stereocenters. The Morgan fingerprint density at radius 1 is 1.61 bits per heavy atom. The first kappa shape index (κ1) is 13.0. The molecule has 18 heavy (non-hydrogen) atoms. The fraction of sp³-hybridized carbons (Fsp3) is 0.417. The van der Waals surface area contributed by atoms with Gasteiger partial charge in [-0.1, -0.05) is 11.6 Å². The number of halogens is 2. The van der Waals surface area contributed by atoms with Gasteiger partial charge in [0.2, 0.25) is 0 Å². The molecule has 1 aliphatic rings. The van der Waals surface area contributed by atoms with Crippen LogP contribution in [0.25, 0.3) is 0 Å². The summed E-state index contributed by atoms with van der Waals surface area (Å²) in [5.41, 5.74) is 1.67. The molecule has 4 nitrogen and oxygen atoms in total. The van der Waals surface area contributed by atoms with Crippen molar-refractivity contribution in [3.05, 3.63) is 28.0 Å². The minimum Gasteiger partial charge on any atom is -0.490 e. The van der Waals surface area contributed by atoms with E-state index in [1.54, 1.807) is 0 Å². The first-order valence-electron chi connectivity index (χ1n) is 5.69. The van der Waals surface area contributed by atoms with Crippen LogP contribution in [0.5, 0.6) is 5.75 Å². The molecule has 0 aromatic heterocycles. The molecular formula is C12H13ClFNO3. The number of rotatable bonds is 4. The molecule has 0 saturated carbocycles. The van der Waals surface area contributed by atoms with Crippen molar-refractivity contribution >= 4 is 17.7 Å². The van der Waals surface area contributed by atoms with Crippen LogP contribution >= 0.6 is 11.6 Å². The first-order chi connectivity index (χ1) is 8.59. The van der Waals surface area contributed by atoms with Gasteiger partial charge >= 0.3 is 6.09 Å². The van der Waals surface area contributed by atoms with Crippen LogP contribution in [0.3, 0.4) is 0 Å². The molecule has 0 atom stereocenters. The summed E-state index contributed by atoms with van der Waals surface area (Å²) in [6, 6.07) is 1.26. The molecule has 6 heteroatoms. The number of hydrogen-bond donors (Lipinski definition) is 2. The number of benzene rings is 1. The van der Waals surface area contributed by atoms with Crippen molar-refractivity contribution in [1.82, 2.24) is 5.32 Å². The lowest BCUT2D eigenvalue weighted by Crippen LogP contribution is -2.22. The molecule has 0 fully saturated rings. The standard InChI is InChI=1S/C12H13ClFNO3/c13-9-6-10(14)11-8(3-5-18-11)7(9)2-1-4-15-12(16)17/h6,15H,1-5H2,(H,16,17). The van der Waals surface area contributed by atoms with E-state index in [0.29, 0.717) is 43.2 Å². The number of carboxylic acid groups (broad SMARTS) is 1.